The quantitative estimate of drug-likeness (QED) is 0.717. The molecule has 26 heavy (non-hydrogen) atoms. The van der Waals surface area contributed by atoms with E-state index in [4.69, 9.17) is 4.42 Å². The molecule has 3 aromatic rings. The van der Waals surface area contributed by atoms with Crippen molar-refractivity contribution in [2.24, 2.45) is 0 Å². The number of nitrogens with one attached hydrogen (secondary N) is 2. The minimum Gasteiger partial charge on any atom is -0.439 e. The van der Waals surface area contributed by atoms with Crippen LogP contribution >= 0.6 is 0 Å². The molecule has 0 unspecified atom stereocenters. The van der Waals surface area contributed by atoms with Gasteiger partial charge in [0.1, 0.15) is 0 Å². The lowest BCUT2D eigenvalue weighted by molar-refractivity contribution is -0.120. The SMILES string of the molecule is Cc1ccccc1C(=O)NCC(=O)NCc1ncc(-c2ccccc2)o1. The van der Waals surface area contributed by atoms with Crippen molar-refractivity contribution in [3.05, 3.63) is 77.8 Å². The molecule has 2 N–H and O–H groups in total. The fraction of sp³-hybridized carbons (Fsp3) is 0.150. The van der Waals surface area contributed by atoms with Gasteiger partial charge in [0.2, 0.25) is 11.8 Å². The number of amides is 2. The molecule has 0 saturated heterocycles. The van der Waals surface area contributed by atoms with Gasteiger partial charge in [0, 0.05) is 11.1 Å². The van der Waals surface area contributed by atoms with Crippen LogP contribution in [0.25, 0.3) is 11.3 Å². The highest BCUT2D eigenvalue weighted by Crippen LogP contribution is 2.19. The Morgan fingerprint density at radius 1 is 1.00 bits per heavy atom. The summed E-state index contributed by atoms with van der Waals surface area (Å²) in [6.45, 7) is 1.90. The Balaban J connectivity index is 1.48. The molecule has 0 aliphatic rings. The van der Waals surface area contributed by atoms with Gasteiger partial charge in [0.25, 0.3) is 5.91 Å². The largest absolute Gasteiger partial charge is 0.439 e. The number of aryl methyl sites for hydroxylation is 1. The van der Waals surface area contributed by atoms with Gasteiger partial charge in [-0.25, -0.2) is 4.98 Å². The van der Waals surface area contributed by atoms with Gasteiger partial charge in [0.15, 0.2) is 5.76 Å². The zero-order valence-corrected chi connectivity index (χ0v) is 14.4. The van der Waals surface area contributed by atoms with Crippen LogP contribution in [0.5, 0.6) is 0 Å². The Hall–Kier alpha value is -3.41. The minimum absolute atomic E-state index is 0.112. The highest BCUT2D eigenvalue weighted by Gasteiger charge is 2.11. The summed E-state index contributed by atoms with van der Waals surface area (Å²) in [5.74, 6) is 0.456. The third kappa shape index (κ3) is 4.36. The first-order chi connectivity index (χ1) is 12.6. The van der Waals surface area contributed by atoms with Crippen LogP contribution in [-0.2, 0) is 11.3 Å². The molecule has 3 rings (SSSR count). The molecular formula is C20H19N3O3. The molecule has 1 heterocycles. The van der Waals surface area contributed by atoms with E-state index in [1.807, 2.05) is 49.4 Å². The highest BCUT2D eigenvalue weighted by atomic mass is 16.4. The number of nitrogens with zero attached hydrogens (tertiary/aromatic N) is 1. The monoisotopic (exact) mass is 349 g/mol. The fourth-order valence-corrected chi connectivity index (χ4v) is 2.45. The molecule has 0 spiro atoms. The third-order valence-corrected chi connectivity index (χ3v) is 3.85. The molecule has 6 nitrogen and oxygen atoms in total. The maximum absolute atomic E-state index is 12.1. The Morgan fingerprint density at radius 3 is 2.50 bits per heavy atom. The first-order valence-corrected chi connectivity index (χ1v) is 8.24. The van der Waals surface area contributed by atoms with E-state index >= 15 is 0 Å². The zero-order valence-electron chi connectivity index (χ0n) is 14.4. The molecule has 2 amide bonds. The van der Waals surface area contributed by atoms with Crippen LogP contribution in [0.4, 0.5) is 0 Å². The van der Waals surface area contributed by atoms with Gasteiger partial charge >= 0.3 is 0 Å². The summed E-state index contributed by atoms with van der Waals surface area (Å²) in [6, 6.07) is 16.8. The summed E-state index contributed by atoms with van der Waals surface area (Å²) in [5, 5.41) is 5.28. The van der Waals surface area contributed by atoms with Crippen LogP contribution in [-0.4, -0.2) is 23.3 Å². The van der Waals surface area contributed by atoms with Crippen LogP contribution < -0.4 is 10.6 Å². The lowest BCUT2D eigenvalue weighted by Crippen LogP contribution is -2.36. The van der Waals surface area contributed by atoms with Crippen molar-refractivity contribution in [3.63, 3.8) is 0 Å². The first-order valence-electron chi connectivity index (χ1n) is 8.24. The first kappa shape index (κ1) is 17.4. The van der Waals surface area contributed by atoms with Crippen molar-refractivity contribution in [2.75, 3.05) is 6.54 Å². The molecule has 0 aliphatic carbocycles. The van der Waals surface area contributed by atoms with Crippen molar-refractivity contribution in [2.45, 2.75) is 13.5 Å². The van der Waals surface area contributed by atoms with E-state index < -0.39 is 0 Å². The normalized spacial score (nSPS) is 10.3. The highest BCUT2D eigenvalue weighted by molar-refractivity contribution is 5.97. The number of carbonyl (C=O) groups excluding carboxylic acids is 2. The number of oxazole rings is 1. The predicted octanol–water partition coefficient (Wildman–Crippen LogP) is 2.70. The maximum atomic E-state index is 12.1. The number of carbonyl (C=O) groups is 2. The number of aromatic nitrogens is 1. The smallest absolute Gasteiger partial charge is 0.251 e. The van der Waals surface area contributed by atoms with Gasteiger partial charge in [-0.1, -0.05) is 48.5 Å². The van der Waals surface area contributed by atoms with E-state index in [2.05, 4.69) is 15.6 Å². The fourth-order valence-electron chi connectivity index (χ4n) is 2.45. The van der Waals surface area contributed by atoms with Crippen molar-refractivity contribution >= 4 is 11.8 Å². The standard InChI is InChI=1S/C20H19N3O3/c1-14-7-5-6-10-16(14)20(25)23-12-18(24)21-13-19-22-11-17(26-19)15-8-3-2-4-9-15/h2-11H,12-13H2,1H3,(H,21,24)(H,23,25). The van der Waals surface area contributed by atoms with Gasteiger partial charge in [-0.2, -0.15) is 0 Å². The number of hydrogen-bond acceptors (Lipinski definition) is 4. The van der Waals surface area contributed by atoms with Crippen molar-refractivity contribution in [1.29, 1.82) is 0 Å². The van der Waals surface area contributed by atoms with E-state index in [1.165, 1.54) is 0 Å². The second kappa shape index (κ2) is 8.11. The average molecular weight is 349 g/mol. The van der Waals surface area contributed by atoms with Gasteiger partial charge in [0.05, 0.1) is 19.3 Å². The number of rotatable bonds is 6. The lowest BCUT2D eigenvalue weighted by Gasteiger charge is -2.07. The summed E-state index contributed by atoms with van der Waals surface area (Å²) in [6.07, 6.45) is 1.62. The minimum atomic E-state index is -0.314. The molecule has 0 bridgehead atoms. The molecule has 0 fully saturated rings. The topological polar surface area (TPSA) is 84.2 Å². The Kier molecular flexibility index (Phi) is 5.43. The summed E-state index contributed by atoms with van der Waals surface area (Å²) in [7, 11) is 0. The average Bonchev–Trinajstić information content (AvgIpc) is 3.14. The molecular weight excluding hydrogens is 330 g/mol. The third-order valence-electron chi connectivity index (χ3n) is 3.85. The summed E-state index contributed by atoms with van der Waals surface area (Å²) >= 11 is 0. The Labute approximate surface area is 151 Å². The second-order valence-corrected chi connectivity index (χ2v) is 5.76. The molecule has 0 radical (unpaired) electrons. The van der Waals surface area contributed by atoms with Gasteiger partial charge in [-0.15, -0.1) is 0 Å². The summed E-state index contributed by atoms with van der Waals surface area (Å²) in [5.41, 5.74) is 2.34. The molecule has 1 aromatic heterocycles. The van der Waals surface area contributed by atoms with E-state index in [1.54, 1.807) is 18.3 Å². The molecule has 6 heteroatoms. The van der Waals surface area contributed by atoms with Crippen LogP contribution in [0.1, 0.15) is 21.8 Å². The Bertz CT molecular complexity index is 903. The van der Waals surface area contributed by atoms with Crippen LogP contribution in [0.2, 0.25) is 0 Å². The van der Waals surface area contributed by atoms with Crippen molar-refractivity contribution in [3.8, 4) is 11.3 Å². The second-order valence-electron chi connectivity index (χ2n) is 5.76. The maximum Gasteiger partial charge on any atom is 0.251 e. The predicted molar refractivity (Wildman–Crippen MR) is 97.3 cm³/mol. The van der Waals surface area contributed by atoms with Crippen molar-refractivity contribution in [1.82, 2.24) is 15.6 Å². The van der Waals surface area contributed by atoms with Gasteiger partial charge in [-0.3, -0.25) is 9.59 Å². The zero-order chi connectivity index (χ0) is 18.4. The van der Waals surface area contributed by atoms with Crippen molar-refractivity contribution < 1.29 is 14.0 Å². The van der Waals surface area contributed by atoms with E-state index in [-0.39, 0.29) is 24.9 Å². The lowest BCUT2D eigenvalue weighted by atomic mass is 10.1. The molecule has 132 valence electrons. The summed E-state index contributed by atoms with van der Waals surface area (Å²) in [4.78, 5) is 28.2. The van der Waals surface area contributed by atoms with E-state index in [0.29, 0.717) is 17.2 Å². The van der Waals surface area contributed by atoms with E-state index in [0.717, 1.165) is 11.1 Å². The number of benzene rings is 2. The molecule has 0 atom stereocenters. The number of hydrogen-bond donors (Lipinski definition) is 2. The van der Waals surface area contributed by atoms with Crippen LogP contribution in [0, 0.1) is 6.92 Å². The van der Waals surface area contributed by atoms with Gasteiger partial charge in [-0.05, 0) is 18.6 Å². The molecule has 0 saturated carbocycles. The summed E-state index contributed by atoms with van der Waals surface area (Å²) < 4.78 is 5.62. The molecule has 0 aliphatic heterocycles. The Morgan fingerprint density at radius 2 is 1.73 bits per heavy atom. The van der Waals surface area contributed by atoms with Gasteiger partial charge < -0.3 is 15.1 Å². The van der Waals surface area contributed by atoms with Crippen LogP contribution in [0.15, 0.2) is 65.2 Å². The van der Waals surface area contributed by atoms with E-state index in [9.17, 15) is 9.59 Å². The van der Waals surface area contributed by atoms with Crippen LogP contribution in [0.3, 0.4) is 0 Å². The molecule has 2 aromatic carbocycles.